The molecule has 1 N–H and O–H groups in total. The normalized spacial score (nSPS) is 16.1. The molecule has 0 atom stereocenters. The van der Waals surface area contributed by atoms with Gasteiger partial charge in [-0.3, -0.25) is 9.69 Å². The fraction of sp³-hybridized carbons (Fsp3) is 0.611. The summed E-state index contributed by atoms with van der Waals surface area (Å²) >= 11 is 0. The van der Waals surface area contributed by atoms with Gasteiger partial charge in [-0.2, -0.15) is 0 Å². The second-order valence-corrected chi connectivity index (χ2v) is 6.47. The van der Waals surface area contributed by atoms with Gasteiger partial charge in [0.05, 0.1) is 6.54 Å². The van der Waals surface area contributed by atoms with E-state index in [1.165, 1.54) is 43.2 Å². The van der Waals surface area contributed by atoms with Gasteiger partial charge in [-0.05, 0) is 38.3 Å². The van der Waals surface area contributed by atoms with Gasteiger partial charge >= 0.3 is 0 Å². The van der Waals surface area contributed by atoms with Crippen molar-refractivity contribution in [3.05, 3.63) is 35.4 Å². The number of nitrogens with zero attached hydrogens (tertiary/aromatic N) is 1. The smallest absolute Gasteiger partial charge is 0.234 e. The summed E-state index contributed by atoms with van der Waals surface area (Å²) in [6.45, 7) is 4.24. The van der Waals surface area contributed by atoms with Crippen LogP contribution in [0.2, 0.25) is 0 Å². The van der Waals surface area contributed by atoms with Crippen molar-refractivity contribution in [2.75, 3.05) is 20.1 Å². The third kappa shape index (κ3) is 5.88. The van der Waals surface area contributed by atoms with Crippen LogP contribution >= 0.6 is 0 Å². The molecule has 2 rings (SSSR count). The van der Waals surface area contributed by atoms with Crippen LogP contribution in [-0.2, 0) is 11.3 Å². The van der Waals surface area contributed by atoms with Crippen LogP contribution in [0.15, 0.2) is 24.3 Å². The Balaban J connectivity index is 1.67. The average Bonchev–Trinajstić information content (AvgIpc) is 2.48. The SMILES string of the molecule is Cc1ccc(CN(C)CC(=O)NCC2CCCCC2)cc1. The van der Waals surface area contributed by atoms with E-state index in [4.69, 9.17) is 0 Å². The minimum absolute atomic E-state index is 0.148. The number of nitrogens with one attached hydrogen (secondary N) is 1. The van der Waals surface area contributed by atoms with E-state index in [0.29, 0.717) is 12.5 Å². The third-order valence-corrected chi connectivity index (χ3v) is 4.30. The summed E-state index contributed by atoms with van der Waals surface area (Å²) in [6.07, 6.45) is 6.57. The molecule has 3 nitrogen and oxygen atoms in total. The van der Waals surface area contributed by atoms with Crippen LogP contribution in [0.5, 0.6) is 0 Å². The summed E-state index contributed by atoms with van der Waals surface area (Å²) in [5, 5.41) is 3.10. The highest BCUT2D eigenvalue weighted by atomic mass is 16.2. The van der Waals surface area contributed by atoms with E-state index in [2.05, 4.69) is 41.4 Å². The number of aryl methyl sites for hydroxylation is 1. The molecule has 0 unspecified atom stereocenters. The van der Waals surface area contributed by atoms with Crippen molar-refractivity contribution in [2.24, 2.45) is 5.92 Å². The Bertz CT molecular complexity index is 435. The molecule has 0 spiro atoms. The summed E-state index contributed by atoms with van der Waals surface area (Å²) in [5.41, 5.74) is 2.52. The minimum atomic E-state index is 0.148. The van der Waals surface area contributed by atoms with E-state index in [0.717, 1.165) is 13.1 Å². The molecular weight excluding hydrogens is 260 g/mol. The number of hydrogen-bond acceptors (Lipinski definition) is 2. The molecule has 116 valence electrons. The van der Waals surface area contributed by atoms with Gasteiger partial charge in [0.2, 0.25) is 5.91 Å². The highest BCUT2D eigenvalue weighted by Crippen LogP contribution is 2.22. The molecule has 0 bridgehead atoms. The zero-order valence-electron chi connectivity index (χ0n) is 13.4. The Morgan fingerprint density at radius 3 is 2.52 bits per heavy atom. The van der Waals surface area contributed by atoms with Gasteiger partial charge in [0.1, 0.15) is 0 Å². The third-order valence-electron chi connectivity index (χ3n) is 4.30. The molecule has 1 aromatic rings. The standard InChI is InChI=1S/C18H28N2O/c1-15-8-10-17(11-9-15)13-20(2)14-18(21)19-12-16-6-4-3-5-7-16/h8-11,16H,3-7,12-14H2,1-2H3,(H,19,21). The number of hydrogen-bond donors (Lipinski definition) is 1. The molecule has 1 saturated carbocycles. The Hall–Kier alpha value is -1.35. The van der Waals surface area contributed by atoms with Crippen LogP contribution in [0.1, 0.15) is 43.2 Å². The van der Waals surface area contributed by atoms with Crippen molar-refractivity contribution in [3.63, 3.8) is 0 Å². The first-order valence-corrected chi connectivity index (χ1v) is 8.14. The largest absolute Gasteiger partial charge is 0.355 e. The lowest BCUT2D eigenvalue weighted by Gasteiger charge is -2.22. The maximum absolute atomic E-state index is 12.0. The summed E-state index contributed by atoms with van der Waals surface area (Å²) in [6, 6.07) is 8.50. The first-order valence-electron chi connectivity index (χ1n) is 8.14. The minimum Gasteiger partial charge on any atom is -0.355 e. The van der Waals surface area contributed by atoms with Gasteiger partial charge in [-0.25, -0.2) is 0 Å². The number of likely N-dealkylation sites (N-methyl/N-ethyl adjacent to an activating group) is 1. The lowest BCUT2D eigenvalue weighted by Crippen LogP contribution is -2.37. The average molecular weight is 288 g/mol. The summed E-state index contributed by atoms with van der Waals surface area (Å²) in [4.78, 5) is 14.1. The lowest BCUT2D eigenvalue weighted by atomic mass is 9.89. The molecular formula is C18H28N2O. The fourth-order valence-electron chi connectivity index (χ4n) is 3.01. The topological polar surface area (TPSA) is 32.3 Å². The van der Waals surface area contributed by atoms with Crippen LogP contribution in [0, 0.1) is 12.8 Å². The number of amides is 1. The zero-order valence-corrected chi connectivity index (χ0v) is 13.4. The van der Waals surface area contributed by atoms with Crippen LogP contribution in [0.25, 0.3) is 0 Å². The molecule has 0 radical (unpaired) electrons. The van der Waals surface area contributed by atoms with Crippen molar-refractivity contribution in [2.45, 2.75) is 45.6 Å². The number of carbonyl (C=O) groups is 1. The van der Waals surface area contributed by atoms with Crippen molar-refractivity contribution in [1.82, 2.24) is 10.2 Å². The van der Waals surface area contributed by atoms with Gasteiger partial charge in [-0.15, -0.1) is 0 Å². The van der Waals surface area contributed by atoms with E-state index < -0.39 is 0 Å². The van der Waals surface area contributed by atoms with E-state index in [9.17, 15) is 4.79 Å². The van der Waals surface area contributed by atoms with Crippen LogP contribution in [-0.4, -0.2) is 30.9 Å². The lowest BCUT2D eigenvalue weighted by molar-refractivity contribution is -0.122. The van der Waals surface area contributed by atoms with Gasteiger partial charge in [0.25, 0.3) is 0 Å². The first-order chi connectivity index (χ1) is 10.1. The maximum Gasteiger partial charge on any atom is 0.234 e. The molecule has 0 heterocycles. The molecule has 0 aromatic heterocycles. The second-order valence-electron chi connectivity index (χ2n) is 6.47. The van der Waals surface area contributed by atoms with Gasteiger partial charge in [-0.1, -0.05) is 49.1 Å². The van der Waals surface area contributed by atoms with E-state index in [1.54, 1.807) is 0 Å². The molecule has 1 aliphatic carbocycles. The van der Waals surface area contributed by atoms with Gasteiger partial charge in [0, 0.05) is 13.1 Å². The Morgan fingerprint density at radius 2 is 1.86 bits per heavy atom. The molecule has 1 fully saturated rings. The monoisotopic (exact) mass is 288 g/mol. The predicted molar refractivity (Wildman–Crippen MR) is 87.1 cm³/mol. The Labute approximate surface area is 128 Å². The molecule has 21 heavy (non-hydrogen) atoms. The van der Waals surface area contributed by atoms with Crippen LogP contribution in [0.3, 0.4) is 0 Å². The summed E-state index contributed by atoms with van der Waals surface area (Å²) in [7, 11) is 2.00. The maximum atomic E-state index is 12.0. The molecule has 1 aliphatic rings. The number of benzene rings is 1. The molecule has 1 aromatic carbocycles. The van der Waals surface area contributed by atoms with Crippen LogP contribution in [0.4, 0.5) is 0 Å². The molecule has 3 heteroatoms. The Morgan fingerprint density at radius 1 is 1.19 bits per heavy atom. The fourth-order valence-corrected chi connectivity index (χ4v) is 3.01. The highest BCUT2D eigenvalue weighted by molar-refractivity contribution is 5.77. The van der Waals surface area contributed by atoms with Gasteiger partial charge in [0.15, 0.2) is 0 Å². The van der Waals surface area contributed by atoms with Gasteiger partial charge < -0.3 is 5.32 Å². The molecule has 0 aliphatic heterocycles. The zero-order chi connectivity index (χ0) is 15.1. The predicted octanol–water partition coefficient (Wildman–Crippen LogP) is 3.12. The summed E-state index contributed by atoms with van der Waals surface area (Å²) in [5.74, 6) is 0.847. The van der Waals surface area contributed by atoms with E-state index in [-0.39, 0.29) is 5.91 Å². The van der Waals surface area contributed by atoms with Crippen molar-refractivity contribution < 1.29 is 4.79 Å². The number of rotatable bonds is 6. The van der Waals surface area contributed by atoms with Crippen molar-refractivity contribution >= 4 is 5.91 Å². The van der Waals surface area contributed by atoms with Crippen molar-refractivity contribution in [1.29, 1.82) is 0 Å². The molecule has 1 amide bonds. The Kier molecular flexibility index (Phi) is 6.24. The highest BCUT2D eigenvalue weighted by Gasteiger charge is 2.14. The number of carbonyl (C=O) groups excluding carboxylic acids is 1. The molecule has 0 saturated heterocycles. The van der Waals surface area contributed by atoms with Crippen molar-refractivity contribution in [3.8, 4) is 0 Å². The summed E-state index contributed by atoms with van der Waals surface area (Å²) < 4.78 is 0. The quantitative estimate of drug-likeness (QED) is 0.872. The van der Waals surface area contributed by atoms with Crippen LogP contribution < -0.4 is 5.32 Å². The second kappa shape index (κ2) is 8.18. The van der Waals surface area contributed by atoms with E-state index >= 15 is 0 Å². The van der Waals surface area contributed by atoms with E-state index in [1.807, 2.05) is 7.05 Å². The first kappa shape index (κ1) is 16.0.